The smallest absolute Gasteiger partial charge is 0.238 e. The zero-order valence-corrected chi connectivity index (χ0v) is 11.5. The number of rotatable bonds is 4. The molecule has 1 aromatic heterocycles. The van der Waals surface area contributed by atoms with E-state index in [1.807, 2.05) is 13.8 Å². The predicted molar refractivity (Wildman–Crippen MR) is 69.0 cm³/mol. The van der Waals surface area contributed by atoms with Crippen LogP contribution in [0.3, 0.4) is 0 Å². The topological polar surface area (TPSA) is 61.0 Å². The first kappa shape index (κ1) is 13.9. The highest BCUT2D eigenvalue weighted by Crippen LogP contribution is 2.22. The number of hydrogen-bond donors (Lipinski definition) is 1. The summed E-state index contributed by atoms with van der Waals surface area (Å²) in [6.45, 7) is 11.6. The lowest BCUT2D eigenvalue weighted by Crippen LogP contribution is -2.14. The number of ether oxygens (including phenoxy) is 1. The van der Waals surface area contributed by atoms with Crippen LogP contribution in [0.4, 0.5) is 0 Å². The Kier molecular flexibility index (Phi) is 4.46. The van der Waals surface area contributed by atoms with E-state index in [2.05, 4.69) is 31.0 Å². The van der Waals surface area contributed by atoms with Crippen molar-refractivity contribution in [2.45, 2.75) is 47.6 Å². The van der Waals surface area contributed by atoms with Crippen LogP contribution in [-0.2, 0) is 6.54 Å². The number of nitrogens with two attached hydrogens (primary N) is 1. The van der Waals surface area contributed by atoms with Crippen molar-refractivity contribution in [2.75, 3.05) is 6.61 Å². The summed E-state index contributed by atoms with van der Waals surface area (Å²) >= 11 is 0. The van der Waals surface area contributed by atoms with Gasteiger partial charge in [0, 0.05) is 12.1 Å². The minimum atomic E-state index is 0.260. The summed E-state index contributed by atoms with van der Waals surface area (Å²) in [5, 5.41) is 8.15. The van der Waals surface area contributed by atoms with Crippen molar-refractivity contribution in [3.8, 4) is 5.88 Å². The predicted octanol–water partition coefficient (Wildman–Crippen LogP) is 2.37. The molecule has 0 radical (unpaired) electrons. The summed E-state index contributed by atoms with van der Waals surface area (Å²) in [4.78, 5) is 0. The Bertz CT molecular complexity index is 383. The minimum absolute atomic E-state index is 0.260. The Morgan fingerprint density at radius 1 is 1.18 bits per heavy atom. The van der Waals surface area contributed by atoms with E-state index in [0.717, 1.165) is 23.2 Å². The molecule has 1 rings (SSSR count). The summed E-state index contributed by atoms with van der Waals surface area (Å²) in [7, 11) is 0. The Labute approximate surface area is 104 Å². The highest BCUT2D eigenvalue weighted by atomic mass is 16.5. The van der Waals surface area contributed by atoms with Crippen molar-refractivity contribution in [1.82, 2.24) is 10.2 Å². The van der Waals surface area contributed by atoms with E-state index in [0.29, 0.717) is 19.0 Å². The Hall–Kier alpha value is -1.16. The second-order valence-corrected chi connectivity index (χ2v) is 5.56. The van der Waals surface area contributed by atoms with Gasteiger partial charge in [0.05, 0.1) is 12.3 Å². The number of hydrogen-bond acceptors (Lipinski definition) is 4. The van der Waals surface area contributed by atoms with E-state index in [9.17, 15) is 0 Å². The van der Waals surface area contributed by atoms with Crippen LogP contribution < -0.4 is 10.5 Å². The Balaban J connectivity index is 2.75. The molecule has 0 aromatic carbocycles. The molecule has 0 aliphatic rings. The number of aromatic nitrogens is 2. The number of nitrogens with zero attached hydrogens (tertiary/aromatic N) is 2. The van der Waals surface area contributed by atoms with Gasteiger partial charge in [0.15, 0.2) is 0 Å². The largest absolute Gasteiger partial charge is 0.476 e. The third-order valence-electron chi connectivity index (χ3n) is 2.84. The molecule has 4 nitrogen and oxygen atoms in total. The van der Waals surface area contributed by atoms with Crippen LogP contribution in [0, 0.1) is 19.3 Å². The Morgan fingerprint density at radius 3 is 2.35 bits per heavy atom. The molecular weight excluding hydrogens is 214 g/mol. The first-order valence-electron chi connectivity index (χ1n) is 6.01. The van der Waals surface area contributed by atoms with Crippen molar-refractivity contribution in [3.05, 3.63) is 16.8 Å². The summed E-state index contributed by atoms with van der Waals surface area (Å²) in [5.74, 6) is 0.583. The first-order chi connectivity index (χ1) is 7.85. The van der Waals surface area contributed by atoms with Crippen LogP contribution >= 0.6 is 0 Å². The fourth-order valence-electron chi connectivity index (χ4n) is 1.44. The van der Waals surface area contributed by atoms with Crippen LogP contribution in [0.15, 0.2) is 0 Å². The van der Waals surface area contributed by atoms with Gasteiger partial charge in [0.2, 0.25) is 5.88 Å². The highest BCUT2D eigenvalue weighted by molar-refractivity contribution is 5.34. The van der Waals surface area contributed by atoms with Crippen LogP contribution in [-0.4, -0.2) is 16.8 Å². The second kappa shape index (κ2) is 5.45. The molecule has 0 unspecified atom stereocenters. The van der Waals surface area contributed by atoms with E-state index in [1.165, 1.54) is 0 Å². The lowest BCUT2D eigenvalue weighted by Gasteiger charge is -2.18. The van der Waals surface area contributed by atoms with E-state index >= 15 is 0 Å². The zero-order chi connectivity index (χ0) is 13.1. The van der Waals surface area contributed by atoms with Gasteiger partial charge in [-0.2, -0.15) is 5.10 Å². The fourth-order valence-corrected chi connectivity index (χ4v) is 1.44. The molecule has 17 heavy (non-hydrogen) atoms. The van der Waals surface area contributed by atoms with E-state index < -0.39 is 0 Å². The van der Waals surface area contributed by atoms with Crippen molar-refractivity contribution >= 4 is 0 Å². The maximum atomic E-state index is 5.73. The quantitative estimate of drug-likeness (QED) is 0.873. The summed E-state index contributed by atoms with van der Waals surface area (Å²) in [5.41, 5.74) is 8.94. The Morgan fingerprint density at radius 2 is 1.82 bits per heavy atom. The van der Waals surface area contributed by atoms with Gasteiger partial charge in [-0.15, -0.1) is 5.10 Å². The van der Waals surface area contributed by atoms with Crippen LogP contribution in [0.2, 0.25) is 0 Å². The molecular formula is C13H23N3O. The molecule has 0 atom stereocenters. The van der Waals surface area contributed by atoms with Crippen LogP contribution in [0.1, 0.15) is 44.0 Å². The molecule has 0 aliphatic carbocycles. The van der Waals surface area contributed by atoms with Gasteiger partial charge in [-0.25, -0.2) is 0 Å². The normalized spacial score (nSPS) is 11.6. The van der Waals surface area contributed by atoms with Gasteiger partial charge in [-0.3, -0.25) is 0 Å². The van der Waals surface area contributed by atoms with Gasteiger partial charge in [-0.05, 0) is 31.2 Å². The van der Waals surface area contributed by atoms with Crippen molar-refractivity contribution in [1.29, 1.82) is 0 Å². The second-order valence-electron chi connectivity index (χ2n) is 5.56. The third kappa shape index (κ3) is 3.97. The van der Waals surface area contributed by atoms with E-state index in [1.54, 1.807) is 0 Å². The van der Waals surface area contributed by atoms with Gasteiger partial charge in [0.1, 0.15) is 0 Å². The molecule has 4 heteroatoms. The molecule has 0 bridgehead atoms. The molecule has 96 valence electrons. The minimum Gasteiger partial charge on any atom is -0.476 e. The molecule has 0 amide bonds. The van der Waals surface area contributed by atoms with Gasteiger partial charge in [-0.1, -0.05) is 20.8 Å². The molecule has 2 N–H and O–H groups in total. The van der Waals surface area contributed by atoms with Gasteiger partial charge >= 0.3 is 0 Å². The van der Waals surface area contributed by atoms with Crippen molar-refractivity contribution in [3.63, 3.8) is 0 Å². The summed E-state index contributed by atoms with van der Waals surface area (Å²) < 4.78 is 5.69. The molecule has 1 heterocycles. The molecule has 0 spiro atoms. The molecule has 0 saturated carbocycles. The monoisotopic (exact) mass is 237 g/mol. The number of aryl methyl sites for hydroxylation is 1. The fraction of sp³-hybridized carbons (Fsp3) is 0.692. The average molecular weight is 237 g/mol. The third-order valence-corrected chi connectivity index (χ3v) is 2.84. The molecule has 1 aromatic rings. The highest BCUT2D eigenvalue weighted by Gasteiger charge is 2.13. The summed E-state index contributed by atoms with van der Waals surface area (Å²) in [6.07, 6.45) is 0.978. The van der Waals surface area contributed by atoms with E-state index in [-0.39, 0.29) is 5.41 Å². The first-order valence-corrected chi connectivity index (χ1v) is 6.01. The lowest BCUT2D eigenvalue weighted by atomic mass is 9.93. The lowest BCUT2D eigenvalue weighted by molar-refractivity contribution is 0.232. The maximum absolute atomic E-state index is 5.73. The van der Waals surface area contributed by atoms with Crippen molar-refractivity contribution < 1.29 is 4.74 Å². The van der Waals surface area contributed by atoms with Gasteiger partial charge < -0.3 is 10.5 Å². The summed E-state index contributed by atoms with van der Waals surface area (Å²) in [6, 6.07) is 0. The average Bonchev–Trinajstić information content (AvgIpc) is 2.22. The molecule has 0 fully saturated rings. The zero-order valence-electron chi connectivity index (χ0n) is 11.5. The van der Waals surface area contributed by atoms with Crippen molar-refractivity contribution in [2.24, 2.45) is 11.1 Å². The van der Waals surface area contributed by atoms with Gasteiger partial charge in [0.25, 0.3) is 0 Å². The van der Waals surface area contributed by atoms with Crippen LogP contribution in [0.5, 0.6) is 5.88 Å². The molecule has 0 saturated heterocycles. The van der Waals surface area contributed by atoms with Crippen LogP contribution in [0.25, 0.3) is 0 Å². The standard InChI is InChI=1S/C13H23N3O/c1-9-10(2)15-16-12(11(9)8-14)17-7-6-13(3,4)5/h6-8,14H2,1-5H3. The SMILES string of the molecule is Cc1nnc(OCCC(C)(C)C)c(CN)c1C. The van der Waals surface area contributed by atoms with E-state index in [4.69, 9.17) is 10.5 Å². The molecule has 0 aliphatic heterocycles. The maximum Gasteiger partial charge on any atom is 0.238 e.